The van der Waals surface area contributed by atoms with E-state index in [2.05, 4.69) is 39.6 Å². The summed E-state index contributed by atoms with van der Waals surface area (Å²) in [7, 11) is 0. The van der Waals surface area contributed by atoms with E-state index in [0.717, 1.165) is 18.5 Å². The summed E-state index contributed by atoms with van der Waals surface area (Å²) < 4.78 is 0. The van der Waals surface area contributed by atoms with Crippen LogP contribution in [-0.4, -0.2) is 27.9 Å². The molecule has 1 saturated heterocycles. The number of piperidine rings is 1. The Morgan fingerprint density at radius 3 is 2.33 bits per heavy atom. The summed E-state index contributed by atoms with van der Waals surface area (Å²) in [6.07, 6.45) is 3.34. The molecule has 2 atom stereocenters. The van der Waals surface area contributed by atoms with Crippen LogP contribution >= 0.6 is 0 Å². The highest BCUT2D eigenvalue weighted by molar-refractivity contribution is 5.95. The Kier molecular flexibility index (Phi) is 4.26. The van der Waals surface area contributed by atoms with Crippen molar-refractivity contribution in [2.45, 2.75) is 71.4 Å². The molecule has 0 bridgehead atoms. The second-order valence-electron chi connectivity index (χ2n) is 7.26. The molecule has 2 rings (SSSR count). The van der Waals surface area contributed by atoms with Crippen LogP contribution in [0.4, 0.5) is 5.82 Å². The topological polar surface area (TPSA) is 59.2 Å². The maximum Gasteiger partial charge on any atom is 0.254 e. The first kappa shape index (κ1) is 15.8. The van der Waals surface area contributed by atoms with Crippen molar-refractivity contribution in [1.29, 1.82) is 0 Å². The van der Waals surface area contributed by atoms with Gasteiger partial charge in [0.2, 0.25) is 0 Å². The molecule has 0 aliphatic carbocycles. The molecule has 0 spiro atoms. The van der Waals surface area contributed by atoms with E-state index in [4.69, 9.17) is 5.73 Å². The summed E-state index contributed by atoms with van der Waals surface area (Å²) in [5.41, 5.74) is 7.31. The number of nitrogens with two attached hydrogens (primary N) is 1. The van der Waals surface area contributed by atoms with Crippen molar-refractivity contribution >= 4 is 11.7 Å². The van der Waals surface area contributed by atoms with Gasteiger partial charge < -0.3 is 10.6 Å². The van der Waals surface area contributed by atoms with Crippen molar-refractivity contribution in [3.8, 4) is 0 Å². The van der Waals surface area contributed by atoms with Gasteiger partial charge in [0.25, 0.3) is 5.91 Å². The van der Waals surface area contributed by atoms with E-state index < -0.39 is 0 Å². The Morgan fingerprint density at radius 1 is 1.24 bits per heavy atom. The van der Waals surface area contributed by atoms with E-state index >= 15 is 0 Å². The Labute approximate surface area is 127 Å². The van der Waals surface area contributed by atoms with Gasteiger partial charge in [0.15, 0.2) is 0 Å². The maximum atomic E-state index is 12.9. The zero-order valence-corrected chi connectivity index (χ0v) is 13.8. The van der Waals surface area contributed by atoms with E-state index in [1.54, 1.807) is 6.07 Å². The summed E-state index contributed by atoms with van der Waals surface area (Å²) >= 11 is 0. The smallest absolute Gasteiger partial charge is 0.254 e. The Hall–Kier alpha value is -1.58. The number of likely N-dealkylation sites (tertiary alicyclic amines) is 1. The van der Waals surface area contributed by atoms with Crippen LogP contribution in [0.2, 0.25) is 0 Å². The van der Waals surface area contributed by atoms with Gasteiger partial charge in [-0.25, -0.2) is 4.98 Å². The number of carbonyl (C=O) groups excluding carboxylic acids is 1. The quantitative estimate of drug-likeness (QED) is 0.862. The summed E-state index contributed by atoms with van der Waals surface area (Å²) in [5, 5.41) is 0. The number of nitrogen functional groups attached to an aromatic ring is 1. The average Bonchev–Trinajstić information content (AvgIpc) is 2.36. The van der Waals surface area contributed by atoms with Crippen molar-refractivity contribution in [3.05, 3.63) is 23.4 Å². The molecule has 2 heterocycles. The molecule has 0 saturated carbocycles. The molecule has 116 valence electrons. The molecule has 21 heavy (non-hydrogen) atoms. The predicted molar refractivity (Wildman–Crippen MR) is 86.3 cm³/mol. The van der Waals surface area contributed by atoms with Crippen LogP contribution in [0.1, 0.15) is 69.9 Å². The van der Waals surface area contributed by atoms with Gasteiger partial charge in [-0.1, -0.05) is 20.8 Å². The van der Waals surface area contributed by atoms with Crippen LogP contribution in [0.15, 0.2) is 12.1 Å². The minimum Gasteiger partial charge on any atom is -0.384 e. The largest absolute Gasteiger partial charge is 0.384 e. The van der Waals surface area contributed by atoms with E-state index in [0.29, 0.717) is 11.4 Å². The normalized spacial score (nSPS) is 23.2. The summed E-state index contributed by atoms with van der Waals surface area (Å²) in [4.78, 5) is 19.3. The third-order valence-corrected chi connectivity index (χ3v) is 4.29. The molecular weight excluding hydrogens is 262 g/mol. The van der Waals surface area contributed by atoms with Crippen LogP contribution in [0, 0.1) is 0 Å². The lowest BCUT2D eigenvalue weighted by molar-refractivity contribution is 0.0510. The molecule has 1 aliphatic rings. The van der Waals surface area contributed by atoms with Gasteiger partial charge in [0, 0.05) is 28.8 Å². The number of hydrogen-bond donors (Lipinski definition) is 1. The highest BCUT2D eigenvalue weighted by Gasteiger charge is 2.30. The van der Waals surface area contributed by atoms with Gasteiger partial charge in [-0.2, -0.15) is 0 Å². The average molecular weight is 289 g/mol. The Morgan fingerprint density at radius 2 is 1.81 bits per heavy atom. The minimum atomic E-state index is -0.121. The van der Waals surface area contributed by atoms with Gasteiger partial charge in [-0.05, 0) is 45.2 Å². The van der Waals surface area contributed by atoms with Crippen molar-refractivity contribution in [2.75, 3.05) is 5.73 Å². The minimum absolute atomic E-state index is 0.0781. The lowest BCUT2D eigenvalue weighted by Crippen LogP contribution is -2.47. The third kappa shape index (κ3) is 3.36. The molecular formula is C17H27N3O. The Bertz CT molecular complexity index is 523. The SMILES string of the molecule is C[C@@H]1CCC[C@H](C)N1C(=O)c1cc(N)nc(C(C)(C)C)c1. The fourth-order valence-corrected chi connectivity index (χ4v) is 3.03. The molecule has 0 radical (unpaired) electrons. The van der Waals surface area contributed by atoms with Gasteiger partial charge in [0.1, 0.15) is 5.82 Å². The fourth-order valence-electron chi connectivity index (χ4n) is 3.03. The van der Waals surface area contributed by atoms with Crippen molar-refractivity contribution in [3.63, 3.8) is 0 Å². The third-order valence-electron chi connectivity index (χ3n) is 4.29. The molecule has 4 nitrogen and oxygen atoms in total. The van der Waals surface area contributed by atoms with Crippen molar-refractivity contribution in [1.82, 2.24) is 9.88 Å². The van der Waals surface area contributed by atoms with Crippen molar-refractivity contribution < 1.29 is 4.79 Å². The number of anilines is 1. The molecule has 1 fully saturated rings. The van der Waals surface area contributed by atoms with Crippen LogP contribution in [0.5, 0.6) is 0 Å². The molecule has 2 N–H and O–H groups in total. The number of aromatic nitrogens is 1. The van der Waals surface area contributed by atoms with E-state index in [1.807, 2.05) is 11.0 Å². The van der Waals surface area contributed by atoms with Crippen LogP contribution in [-0.2, 0) is 5.41 Å². The number of amides is 1. The number of rotatable bonds is 1. The summed E-state index contributed by atoms with van der Waals surface area (Å²) in [5.74, 6) is 0.498. The second-order valence-corrected chi connectivity index (χ2v) is 7.26. The number of hydrogen-bond acceptors (Lipinski definition) is 3. The first-order valence-electron chi connectivity index (χ1n) is 7.81. The van der Waals surface area contributed by atoms with E-state index in [-0.39, 0.29) is 23.4 Å². The highest BCUT2D eigenvalue weighted by Crippen LogP contribution is 2.27. The Balaban J connectivity index is 2.37. The number of pyridine rings is 1. The standard InChI is InChI=1S/C17H27N3O/c1-11-7-6-8-12(2)20(11)16(21)13-9-14(17(3,4)5)19-15(18)10-13/h9-12H,6-8H2,1-5H3,(H2,18,19)/t11-,12+. The molecule has 4 heteroatoms. The van der Waals surface area contributed by atoms with Gasteiger partial charge in [-0.3, -0.25) is 4.79 Å². The zero-order valence-electron chi connectivity index (χ0n) is 13.8. The van der Waals surface area contributed by atoms with Gasteiger partial charge >= 0.3 is 0 Å². The first-order valence-corrected chi connectivity index (χ1v) is 7.81. The van der Waals surface area contributed by atoms with Crippen LogP contribution < -0.4 is 5.73 Å². The molecule has 1 aliphatic heterocycles. The molecule has 1 amide bonds. The summed E-state index contributed by atoms with van der Waals surface area (Å²) in [6.45, 7) is 10.5. The van der Waals surface area contributed by atoms with E-state index in [9.17, 15) is 4.79 Å². The molecule has 1 aromatic heterocycles. The lowest BCUT2D eigenvalue weighted by atomic mass is 9.90. The molecule has 0 aromatic carbocycles. The van der Waals surface area contributed by atoms with Gasteiger partial charge in [-0.15, -0.1) is 0 Å². The zero-order chi connectivity index (χ0) is 15.8. The predicted octanol–water partition coefficient (Wildman–Crippen LogP) is 3.36. The van der Waals surface area contributed by atoms with Crippen LogP contribution in [0.3, 0.4) is 0 Å². The summed E-state index contributed by atoms with van der Waals surface area (Å²) in [6, 6.07) is 4.17. The molecule has 0 unspecified atom stereocenters. The number of nitrogens with zero attached hydrogens (tertiary/aromatic N) is 2. The monoisotopic (exact) mass is 289 g/mol. The highest BCUT2D eigenvalue weighted by atomic mass is 16.2. The van der Waals surface area contributed by atoms with Crippen molar-refractivity contribution in [2.24, 2.45) is 0 Å². The van der Waals surface area contributed by atoms with E-state index in [1.165, 1.54) is 6.42 Å². The lowest BCUT2D eigenvalue weighted by Gasteiger charge is -2.39. The maximum absolute atomic E-state index is 12.9. The van der Waals surface area contributed by atoms with Crippen LogP contribution in [0.25, 0.3) is 0 Å². The fraction of sp³-hybridized carbons (Fsp3) is 0.647. The van der Waals surface area contributed by atoms with Gasteiger partial charge in [0.05, 0.1) is 0 Å². The second kappa shape index (κ2) is 5.66. The first-order chi connectivity index (χ1) is 9.70. The number of carbonyl (C=O) groups is 1. The molecule has 1 aromatic rings.